The van der Waals surface area contributed by atoms with Gasteiger partial charge in [0.1, 0.15) is 5.82 Å². The van der Waals surface area contributed by atoms with Gasteiger partial charge in [-0.3, -0.25) is 0 Å². The largest absolute Gasteiger partial charge is 0.465 e. The third-order valence-corrected chi connectivity index (χ3v) is 4.63. The summed E-state index contributed by atoms with van der Waals surface area (Å²) in [4.78, 5) is 24.4. The van der Waals surface area contributed by atoms with E-state index in [0.29, 0.717) is 22.8 Å². The summed E-state index contributed by atoms with van der Waals surface area (Å²) in [6.07, 6.45) is 2.01. The lowest BCUT2D eigenvalue weighted by atomic mass is 10.1. The molecule has 0 spiro atoms. The molecule has 1 N–H and O–H groups in total. The highest BCUT2D eigenvalue weighted by molar-refractivity contribution is 5.89. The Balaban J connectivity index is 1.75. The first-order valence-electron chi connectivity index (χ1n) is 9.62. The molecular formula is C22H21F3N4O2. The minimum absolute atomic E-state index is 0.122. The number of ether oxygens (including phenoxy) is 1. The summed E-state index contributed by atoms with van der Waals surface area (Å²) in [6, 6.07) is 7.91. The molecule has 1 aromatic carbocycles. The van der Waals surface area contributed by atoms with Crippen LogP contribution in [0.2, 0.25) is 0 Å². The number of anilines is 1. The normalized spacial score (nSPS) is 12.3. The average molecular weight is 430 g/mol. The van der Waals surface area contributed by atoms with Crippen molar-refractivity contribution in [3.63, 3.8) is 0 Å². The van der Waals surface area contributed by atoms with E-state index < -0.39 is 17.7 Å². The van der Waals surface area contributed by atoms with Gasteiger partial charge in [0.25, 0.3) is 0 Å². The minimum Gasteiger partial charge on any atom is -0.465 e. The number of carbonyl (C=O) groups is 1. The molecular weight excluding hydrogens is 409 g/mol. The standard InChI is InChI=1S/C22H21F3N4O2/c1-3-4-18(29-19-10-7-15(11-26-19)21(30)31-2)16-12-27-20(28-13-16)14-5-8-17(9-6-14)22(23,24)25/h5-13,18H,3-4H2,1-2H3,(H,26,29). The summed E-state index contributed by atoms with van der Waals surface area (Å²) in [7, 11) is 1.31. The van der Waals surface area contributed by atoms with Crippen LogP contribution >= 0.6 is 0 Å². The summed E-state index contributed by atoms with van der Waals surface area (Å²) in [5.41, 5.74) is 0.950. The summed E-state index contributed by atoms with van der Waals surface area (Å²) in [5, 5.41) is 3.30. The molecule has 0 aliphatic heterocycles. The fourth-order valence-corrected chi connectivity index (χ4v) is 2.98. The summed E-state index contributed by atoms with van der Waals surface area (Å²) in [6.45, 7) is 2.04. The monoisotopic (exact) mass is 430 g/mol. The smallest absolute Gasteiger partial charge is 0.416 e. The van der Waals surface area contributed by atoms with Crippen LogP contribution in [0.15, 0.2) is 55.0 Å². The van der Waals surface area contributed by atoms with Gasteiger partial charge in [0.15, 0.2) is 5.82 Å². The molecule has 1 unspecified atom stereocenters. The molecule has 3 rings (SSSR count). The third kappa shape index (κ3) is 5.56. The highest BCUT2D eigenvalue weighted by Gasteiger charge is 2.30. The first-order chi connectivity index (χ1) is 14.8. The molecule has 0 amide bonds. The summed E-state index contributed by atoms with van der Waals surface area (Å²) in [5.74, 6) is 0.461. The van der Waals surface area contributed by atoms with Crippen LogP contribution in [0.5, 0.6) is 0 Å². The molecule has 3 aromatic rings. The van der Waals surface area contributed by atoms with Crippen LogP contribution in [0.3, 0.4) is 0 Å². The van der Waals surface area contributed by atoms with Gasteiger partial charge in [-0.05, 0) is 30.7 Å². The number of benzene rings is 1. The predicted molar refractivity (Wildman–Crippen MR) is 109 cm³/mol. The molecule has 1 atom stereocenters. The third-order valence-electron chi connectivity index (χ3n) is 4.63. The number of esters is 1. The van der Waals surface area contributed by atoms with Crippen molar-refractivity contribution in [2.45, 2.75) is 32.0 Å². The molecule has 31 heavy (non-hydrogen) atoms. The topological polar surface area (TPSA) is 77.0 Å². The Morgan fingerprint density at radius 2 is 1.71 bits per heavy atom. The molecule has 0 radical (unpaired) electrons. The van der Waals surface area contributed by atoms with Crippen LogP contribution in [0, 0.1) is 0 Å². The van der Waals surface area contributed by atoms with Gasteiger partial charge in [-0.1, -0.05) is 25.5 Å². The number of nitrogens with one attached hydrogen (secondary N) is 1. The molecule has 2 aromatic heterocycles. The number of nitrogens with zero attached hydrogens (tertiary/aromatic N) is 3. The Morgan fingerprint density at radius 3 is 2.23 bits per heavy atom. The number of alkyl halides is 3. The zero-order chi connectivity index (χ0) is 22.4. The Bertz CT molecular complexity index is 1000. The van der Waals surface area contributed by atoms with Crippen LogP contribution in [0.25, 0.3) is 11.4 Å². The van der Waals surface area contributed by atoms with Crippen molar-refractivity contribution in [2.75, 3.05) is 12.4 Å². The number of rotatable bonds is 7. The maximum absolute atomic E-state index is 12.7. The van der Waals surface area contributed by atoms with E-state index in [0.717, 1.165) is 30.5 Å². The Labute approximate surface area is 177 Å². The molecule has 0 saturated heterocycles. The maximum atomic E-state index is 12.7. The molecule has 2 heterocycles. The molecule has 0 aliphatic rings. The second-order valence-electron chi connectivity index (χ2n) is 6.82. The highest BCUT2D eigenvalue weighted by Crippen LogP contribution is 2.30. The lowest BCUT2D eigenvalue weighted by Crippen LogP contribution is -2.13. The van der Waals surface area contributed by atoms with Gasteiger partial charge in [-0.15, -0.1) is 0 Å². The molecule has 6 nitrogen and oxygen atoms in total. The van der Waals surface area contributed by atoms with Crippen LogP contribution in [0.1, 0.15) is 47.3 Å². The van der Waals surface area contributed by atoms with Gasteiger partial charge in [0.2, 0.25) is 0 Å². The first kappa shape index (κ1) is 22.2. The number of methoxy groups -OCH3 is 1. The number of aromatic nitrogens is 3. The molecule has 162 valence electrons. The van der Waals surface area contributed by atoms with E-state index in [4.69, 9.17) is 0 Å². The van der Waals surface area contributed by atoms with E-state index in [1.807, 2.05) is 6.92 Å². The van der Waals surface area contributed by atoms with E-state index >= 15 is 0 Å². The first-order valence-corrected chi connectivity index (χ1v) is 9.62. The van der Waals surface area contributed by atoms with E-state index in [9.17, 15) is 18.0 Å². The van der Waals surface area contributed by atoms with E-state index in [-0.39, 0.29) is 6.04 Å². The van der Waals surface area contributed by atoms with Crippen LogP contribution < -0.4 is 5.32 Å². The highest BCUT2D eigenvalue weighted by atomic mass is 19.4. The number of carbonyl (C=O) groups excluding carboxylic acids is 1. The number of hydrogen-bond donors (Lipinski definition) is 1. The lowest BCUT2D eigenvalue weighted by Gasteiger charge is -2.19. The SMILES string of the molecule is CCCC(Nc1ccc(C(=O)OC)cn1)c1cnc(-c2ccc(C(F)(F)F)cc2)nc1. The van der Waals surface area contributed by atoms with Crippen molar-refractivity contribution in [1.29, 1.82) is 0 Å². The average Bonchev–Trinajstić information content (AvgIpc) is 2.78. The van der Waals surface area contributed by atoms with E-state index in [2.05, 4.69) is 25.0 Å². The van der Waals surface area contributed by atoms with Crippen molar-refractivity contribution >= 4 is 11.8 Å². The number of halogens is 3. The van der Waals surface area contributed by atoms with Crippen molar-refractivity contribution < 1.29 is 22.7 Å². The van der Waals surface area contributed by atoms with Gasteiger partial charge in [0, 0.05) is 29.7 Å². The second-order valence-corrected chi connectivity index (χ2v) is 6.82. The van der Waals surface area contributed by atoms with Gasteiger partial charge >= 0.3 is 12.1 Å². The molecule has 0 aliphatic carbocycles. The zero-order valence-electron chi connectivity index (χ0n) is 17.0. The molecule has 0 saturated carbocycles. The fourth-order valence-electron chi connectivity index (χ4n) is 2.98. The van der Waals surface area contributed by atoms with Crippen LogP contribution in [0.4, 0.5) is 19.0 Å². The van der Waals surface area contributed by atoms with E-state index in [1.165, 1.54) is 25.4 Å². The Kier molecular flexibility index (Phi) is 6.84. The zero-order valence-corrected chi connectivity index (χ0v) is 17.0. The quantitative estimate of drug-likeness (QED) is 0.513. The Morgan fingerprint density at radius 1 is 1.03 bits per heavy atom. The van der Waals surface area contributed by atoms with Gasteiger partial charge in [0.05, 0.1) is 24.3 Å². The van der Waals surface area contributed by atoms with Gasteiger partial charge in [-0.25, -0.2) is 19.7 Å². The van der Waals surface area contributed by atoms with E-state index in [1.54, 1.807) is 24.5 Å². The molecule has 0 fully saturated rings. The lowest BCUT2D eigenvalue weighted by molar-refractivity contribution is -0.137. The van der Waals surface area contributed by atoms with Crippen LogP contribution in [-0.4, -0.2) is 28.0 Å². The summed E-state index contributed by atoms with van der Waals surface area (Å²) >= 11 is 0. The maximum Gasteiger partial charge on any atom is 0.416 e. The second kappa shape index (κ2) is 9.55. The van der Waals surface area contributed by atoms with Crippen LogP contribution in [-0.2, 0) is 10.9 Å². The Hall–Kier alpha value is -3.49. The van der Waals surface area contributed by atoms with Crippen molar-refractivity contribution in [3.8, 4) is 11.4 Å². The van der Waals surface area contributed by atoms with Gasteiger partial charge in [-0.2, -0.15) is 13.2 Å². The number of hydrogen-bond acceptors (Lipinski definition) is 6. The van der Waals surface area contributed by atoms with Crippen molar-refractivity contribution in [3.05, 3.63) is 71.7 Å². The molecule has 9 heteroatoms. The van der Waals surface area contributed by atoms with Gasteiger partial charge < -0.3 is 10.1 Å². The predicted octanol–water partition coefficient (Wildman–Crippen LogP) is 5.30. The van der Waals surface area contributed by atoms with Crippen molar-refractivity contribution in [2.24, 2.45) is 0 Å². The summed E-state index contributed by atoms with van der Waals surface area (Å²) < 4.78 is 42.9. The number of pyridine rings is 1. The van der Waals surface area contributed by atoms with Crippen molar-refractivity contribution in [1.82, 2.24) is 15.0 Å². The fraction of sp³-hybridized carbons (Fsp3) is 0.273. The minimum atomic E-state index is -4.38. The molecule has 0 bridgehead atoms.